The van der Waals surface area contributed by atoms with Crippen molar-refractivity contribution in [2.45, 2.75) is 0 Å². The molecule has 0 aliphatic carbocycles. The number of aromatic nitrogens is 2. The third-order valence-corrected chi connectivity index (χ3v) is 3.21. The molecule has 1 aromatic heterocycles. The van der Waals surface area contributed by atoms with E-state index in [9.17, 15) is 14.3 Å². The number of fused-ring (bicyclic) bond motifs is 1. The van der Waals surface area contributed by atoms with Crippen LogP contribution in [-0.2, 0) is 0 Å². The summed E-state index contributed by atoms with van der Waals surface area (Å²) in [7, 11) is 1.38. The van der Waals surface area contributed by atoms with Crippen LogP contribution in [0.2, 0.25) is 0 Å². The molecule has 5 nitrogen and oxygen atoms in total. The molecule has 0 spiro atoms. The van der Waals surface area contributed by atoms with Crippen LogP contribution in [-0.4, -0.2) is 27.7 Å². The lowest BCUT2D eigenvalue weighted by Gasteiger charge is -2.08. The number of rotatable bonds is 3. The zero-order chi connectivity index (χ0) is 15.0. The molecule has 0 bridgehead atoms. The molecule has 1 heterocycles. The molecule has 0 radical (unpaired) electrons. The van der Waals surface area contributed by atoms with Gasteiger partial charge in [0.05, 0.1) is 29.4 Å². The Morgan fingerprint density at radius 2 is 2.14 bits per heavy atom. The van der Waals surface area contributed by atoms with Crippen molar-refractivity contribution in [3.8, 4) is 11.4 Å². The minimum Gasteiger partial charge on any atom is -0.494 e. The van der Waals surface area contributed by atoms with Crippen LogP contribution >= 0.6 is 0 Å². The number of hydrogen-bond acceptors (Lipinski definition) is 3. The molecule has 3 rings (SSSR count). The largest absolute Gasteiger partial charge is 0.494 e. The van der Waals surface area contributed by atoms with Crippen LogP contribution < -0.4 is 4.74 Å². The van der Waals surface area contributed by atoms with E-state index in [1.807, 2.05) is 0 Å². The Balaban J connectivity index is 2.26. The van der Waals surface area contributed by atoms with Crippen LogP contribution in [0.5, 0.6) is 5.75 Å². The summed E-state index contributed by atoms with van der Waals surface area (Å²) in [6, 6.07) is 9.22. The summed E-state index contributed by atoms with van der Waals surface area (Å²) in [5.41, 5.74) is 1.55. The fourth-order valence-electron chi connectivity index (χ4n) is 2.24. The van der Waals surface area contributed by atoms with Crippen molar-refractivity contribution in [3.05, 3.63) is 54.1 Å². The number of ether oxygens (including phenoxy) is 1. The van der Waals surface area contributed by atoms with E-state index in [0.29, 0.717) is 16.7 Å². The Bertz CT molecular complexity index is 842. The van der Waals surface area contributed by atoms with Crippen molar-refractivity contribution in [3.63, 3.8) is 0 Å². The highest BCUT2D eigenvalue weighted by Gasteiger charge is 2.15. The molecule has 0 atom stereocenters. The van der Waals surface area contributed by atoms with Crippen LogP contribution in [0.25, 0.3) is 16.7 Å². The summed E-state index contributed by atoms with van der Waals surface area (Å²) in [6.45, 7) is 0. The fourth-order valence-corrected chi connectivity index (χ4v) is 2.24. The predicted molar refractivity (Wildman–Crippen MR) is 74.5 cm³/mol. The minimum atomic E-state index is -1.06. The Hall–Kier alpha value is -2.89. The van der Waals surface area contributed by atoms with Crippen LogP contribution in [0, 0.1) is 5.82 Å². The van der Waals surface area contributed by atoms with Crippen LogP contribution in [0.4, 0.5) is 4.39 Å². The number of nitrogens with zero attached hydrogens (tertiary/aromatic N) is 2. The lowest BCUT2D eigenvalue weighted by atomic mass is 10.1. The molecule has 0 fully saturated rings. The van der Waals surface area contributed by atoms with Gasteiger partial charge in [-0.05, 0) is 24.3 Å². The average Bonchev–Trinajstić information content (AvgIpc) is 2.90. The van der Waals surface area contributed by atoms with Crippen molar-refractivity contribution in [2.75, 3.05) is 7.11 Å². The van der Waals surface area contributed by atoms with E-state index >= 15 is 0 Å². The molecule has 2 aromatic carbocycles. The van der Waals surface area contributed by atoms with Crippen molar-refractivity contribution in [2.24, 2.45) is 0 Å². The van der Waals surface area contributed by atoms with Crippen molar-refractivity contribution in [1.29, 1.82) is 0 Å². The summed E-state index contributed by atoms with van der Waals surface area (Å²) >= 11 is 0. The number of para-hydroxylation sites is 1. The highest BCUT2D eigenvalue weighted by Crippen LogP contribution is 2.25. The van der Waals surface area contributed by atoms with Gasteiger partial charge in [0.15, 0.2) is 11.6 Å². The molecule has 1 N–H and O–H groups in total. The lowest BCUT2D eigenvalue weighted by Crippen LogP contribution is -2.02. The Morgan fingerprint density at radius 3 is 2.81 bits per heavy atom. The molecular formula is C15H11FN2O3. The number of benzene rings is 2. The van der Waals surface area contributed by atoms with Gasteiger partial charge in [0, 0.05) is 6.07 Å². The number of aromatic carboxylic acids is 1. The SMILES string of the molecule is COc1ccc(-n2cnc3cccc(C(=O)O)c32)cc1F. The number of hydrogen-bond donors (Lipinski definition) is 1. The van der Waals surface area contributed by atoms with E-state index in [-0.39, 0.29) is 11.3 Å². The van der Waals surface area contributed by atoms with Crippen molar-refractivity contribution >= 4 is 17.0 Å². The highest BCUT2D eigenvalue weighted by molar-refractivity contribution is 6.01. The van der Waals surface area contributed by atoms with Gasteiger partial charge in [0.2, 0.25) is 0 Å². The van der Waals surface area contributed by atoms with E-state index in [4.69, 9.17) is 4.74 Å². The van der Waals surface area contributed by atoms with Gasteiger partial charge in [0.25, 0.3) is 0 Å². The minimum absolute atomic E-state index is 0.112. The third kappa shape index (κ3) is 2.10. The van der Waals surface area contributed by atoms with E-state index in [1.165, 1.54) is 31.6 Å². The monoisotopic (exact) mass is 286 g/mol. The molecule has 0 aliphatic rings. The summed E-state index contributed by atoms with van der Waals surface area (Å²) < 4.78 is 20.2. The summed E-state index contributed by atoms with van der Waals surface area (Å²) in [5, 5.41) is 9.27. The number of halogens is 1. The van der Waals surface area contributed by atoms with Gasteiger partial charge in [0.1, 0.15) is 6.33 Å². The summed E-state index contributed by atoms with van der Waals surface area (Å²) in [5.74, 6) is -1.46. The molecule has 0 saturated heterocycles. The number of imidazole rings is 1. The molecule has 0 aliphatic heterocycles. The second kappa shape index (κ2) is 4.90. The molecule has 21 heavy (non-hydrogen) atoms. The molecule has 3 aromatic rings. The van der Waals surface area contributed by atoms with Gasteiger partial charge in [-0.25, -0.2) is 14.2 Å². The molecule has 0 unspecified atom stereocenters. The predicted octanol–water partition coefficient (Wildman–Crippen LogP) is 2.87. The quantitative estimate of drug-likeness (QED) is 0.804. The molecular weight excluding hydrogens is 275 g/mol. The second-order valence-corrected chi connectivity index (χ2v) is 4.41. The number of carbonyl (C=O) groups is 1. The maximum atomic E-state index is 13.8. The zero-order valence-corrected chi connectivity index (χ0v) is 11.1. The van der Waals surface area contributed by atoms with Gasteiger partial charge in [-0.2, -0.15) is 0 Å². The first kappa shape index (κ1) is 13.1. The van der Waals surface area contributed by atoms with E-state index < -0.39 is 11.8 Å². The number of methoxy groups -OCH3 is 1. The molecule has 0 amide bonds. The fraction of sp³-hybridized carbons (Fsp3) is 0.0667. The van der Waals surface area contributed by atoms with Gasteiger partial charge >= 0.3 is 5.97 Å². The summed E-state index contributed by atoms with van der Waals surface area (Å²) in [6.07, 6.45) is 1.47. The lowest BCUT2D eigenvalue weighted by molar-refractivity contribution is 0.0698. The zero-order valence-electron chi connectivity index (χ0n) is 11.1. The smallest absolute Gasteiger partial charge is 0.337 e. The number of carboxylic acids is 1. The van der Waals surface area contributed by atoms with E-state index in [0.717, 1.165) is 0 Å². The Morgan fingerprint density at radius 1 is 1.33 bits per heavy atom. The van der Waals surface area contributed by atoms with Crippen LogP contribution in [0.1, 0.15) is 10.4 Å². The normalized spacial score (nSPS) is 10.8. The Labute approximate surface area is 119 Å². The van der Waals surface area contributed by atoms with Gasteiger partial charge in [-0.1, -0.05) is 6.07 Å². The highest BCUT2D eigenvalue weighted by atomic mass is 19.1. The summed E-state index contributed by atoms with van der Waals surface area (Å²) in [4.78, 5) is 15.5. The van der Waals surface area contributed by atoms with Crippen molar-refractivity contribution in [1.82, 2.24) is 9.55 Å². The maximum absolute atomic E-state index is 13.8. The molecule has 106 valence electrons. The first-order chi connectivity index (χ1) is 10.1. The van der Waals surface area contributed by atoms with Crippen molar-refractivity contribution < 1.29 is 19.0 Å². The third-order valence-electron chi connectivity index (χ3n) is 3.21. The van der Waals surface area contributed by atoms with Crippen LogP contribution in [0.15, 0.2) is 42.7 Å². The average molecular weight is 286 g/mol. The first-order valence-corrected chi connectivity index (χ1v) is 6.15. The molecule has 0 saturated carbocycles. The van der Waals surface area contributed by atoms with Gasteiger partial charge in [-0.15, -0.1) is 0 Å². The van der Waals surface area contributed by atoms with Gasteiger partial charge < -0.3 is 9.84 Å². The standard InChI is InChI=1S/C15H11FN2O3/c1-21-13-6-5-9(7-11(13)16)18-8-17-12-4-2-3-10(14(12)18)15(19)20/h2-8H,1H3,(H,19,20). The van der Waals surface area contributed by atoms with E-state index in [1.54, 1.807) is 22.8 Å². The second-order valence-electron chi connectivity index (χ2n) is 4.41. The Kier molecular flexibility index (Phi) is 3.06. The van der Waals surface area contributed by atoms with Gasteiger partial charge in [-0.3, -0.25) is 4.57 Å². The van der Waals surface area contributed by atoms with Crippen LogP contribution in [0.3, 0.4) is 0 Å². The molecule has 6 heteroatoms. The number of carboxylic acid groups (broad SMARTS) is 1. The maximum Gasteiger partial charge on any atom is 0.337 e. The van der Waals surface area contributed by atoms with E-state index in [2.05, 4.69) is 4.98 Å². The first-order valence-electron chi connectivity index (χ1n) is 6.15. The topological polar surface area (TPSA) is 64.4 Å².